The van der Waals surface area contributed by atoms with Crippen LogP contribution in [-0.2, 0) is 11.3 Å². The smallest absolute Gasteiger partial charge is 0.372 e. The zero-order chi connectivity index (χ0) is 13.6. The maximum Gasteiger partial charge on any atom is 0.411 e. The first-order valence-corrected chi connectivity index (χ1v) is 5.59. The van der Waals surface area contributed by atoms with E-state index < -0.39 is 12.8 Å². The van der Waals surface area contributed by atoms with E-state index in [4.69, 9.17) is 5.84 Å². The standard InChI is InChI=1S/C10H17F3N4O/c1-2-17-6-8(5-15-17)9(16-14)3-4-18-7-10(11,12)13/h5-6,9,16H,2-4,7,14H2,1H3. The topological polar surface area (TPSA) is 65.1 Å². The third-order valence-electron chi connectivity index (χ3n) is 2.40. The number of nitrogens with one attached hydrogen (secondary N) is 1. The minimum absolute atomic E-state index is 0.0221. The van der Waals surface area contributed by atoms with Gasteiger partial charge in [0.2, 0.25) is 0 Å². The normalized spacial score (nSPS) is 13.8. The molecule has 1 unspecified atom stereocenters. The highest BCUT2D eigenvalue weighted by atomic mass is 19.4. The molecule has 1 rings (SSSR count). The van der Waals surface area contributed by atoms with E-state index in [1.165, 1.54) is 0 Å². The molecule has 1 atom stereocenters. The first-order valence-electron chi connectivity index (χ1n) is 5.59. The molecule has 0 radical (unpaired) electrons. The molecular weight excluding hydrogens is 249 g/mol. The number of nitrogens with zero attached hydrogens (tertiary/aromatic N) is 2. The Morgan fingerprint density at radius 2 is 2.28 bits per heavy atom. The largest absolute Gasteiger partial charge is 0.411 e. The number of aromatic nitrogens is 2. The summed E-state index contributed by atoms with van der Waals surface area (Å²) in [7, 11) is 0. The van der Waals surface area contributed by atoms with Crippen LogP contribution in [0.3, 0.4) is 0 Å². The summed E-state index contributed by atoms with van der Waals surface area (Å²) < 4.78 is 41.8. The molecule has 0 saturated carbocycles. The molecule has 0 aliphatic carbocycles. The second-order valence-electron chi connectivity index (χ2n) is 3.81. The van der Waals surface area contributed by atoms with Gasteiger partial charge in [-0.1, -0.05) is 0 Å². The summed E-state index contributed by atoms with van der Waals surface area (Å²) in [5.41, 5.74) is 3.37. The molecule has 18 heavy (non-hydrogen) atoms. The number of halogens is 3. The minimum Gasteiger partial charge on any atom is -0.372 e. The van der Waals surface area contributed by atoms with Gasteiger partial charge in [0.1, 0.15) is 6.61 Å². The summed E-state index contributed by atoms with van der Waals surface area (Å²) in [6, 6.07) is -0.265. The second-order valence-corrected chi connectivity index (χ2v) is 3.81. The van der Waals surface area contributed by atoms with Crippen LogP contribution in [0.15, 0.2) is 12.4 Å². The molecule has 0 fully saturated rings. The van der Waals surface area contributed by atoms with Crippen LogP contribution in [0.4, 0.5) is 13.2 Å². The predicted molar refractivity (Wildman–Crippen MR) is 59.5 cm³/mol. The molecule has 5 nitrogen and oxygen atoms in total. The van der Waals surface area contributed by atoms with Crippen LogP contribution in [-0.4, -0.2) is 29.2 Å². The monoisotopic (exact) mass is 266 g/mol. The van der Waals surface area contributed by atoms with Gasteiger partial charge in [-0.15, -0.1) is 0 Å². The van der Waals surface area contributed by atoms with Crippen molar-refractivity contribution in [1.29, 1.82) is 0 Å². The van der Waals surface area contributed by atoms with Crippen LogP contribution < -0.4 is 11.3 Å². The molecule has 3 N–H and O–H groups in total. The number of hydrogen-bond acceptors (Lipinski definition) is 4. The van der Waals surface area contributed by atoms with Gasteiger partial charge >= 0.3 is 6.18 Å². The van der Waals surface area contributed by atoms with E-state index in [1.807, 2.05) is 6.92 Å². The van der Waals surface area contributed by atoms with Gasteiger partial charge in [0.15, 0.2) is 0 Å². The van der Waals surface area contributed by atoms with Crippen LogP contribution in [0.5, 0.6) is 0 Å². The van der Waals surface area contributed by atoms with E-state index in [0.29, 0.717) is 6.42 Å². The van der Waals surface area contributed by atoms with Crippen molar-refractivity contribution in [1.82, 2.24) is 15.2 Å². The molecule has 1 heterocycles. The molecule has 1 aromatic heterocycles. The summed E-state index contributed by atoms with van der Waals surface area (Å²) in [6.45, 7) is 1.40. The van der Waals surface area contributed by atoms with Crippen LogP contribution in [0.2, 0.25) is 0 Å². The van der Waals surface area contributed by atoms with Crippen LogP contribution in [0.1, 0.15) is 24.9 Å². The molecule has 0 aliphatic rings. The quantitative estimate of drug-likeness (QED) is 0.444. The first-order chi connectivity index (χ1) is 8.46. The lowest BCUT2D eigenvalue weighted by atomic mass is 10.1. The molecule has 0 saturated heterocycles. The van der Waals surface area contributed by atoms with Gasteiger partial charge in [-0.2, -0.15) is 18.3 Å². The fourth-order valence-corrected chi connectivity index (χ4v) is 1.47. The first kappa shape index (κ1) is 14.9. The van der Waals surface area contributed by atoms with Gasteiger partial charge in [-0.05, 0) is 13.3 Å². The van der Waals surface area contributed by atoms with Gasteiger partial charge < -0.3 is 4.74 Å². The molecule has 104 valence electrons. The number of aryl methyl sites for hydroxylation is 1. The Bertz CT molecular complexity index is 353. The van der Waals surface area contributed by atoms with E-state index >= 15 is 0 Å². The van der Waals surface area contributed by atoms with E-state index in [2.05, 4.69) is 15.3 Å². The summed E-state index contributed by atoms with van der Waals surface area (Å²) in [5.74, 6) is 5.36. The second kappa shape index (κ2) is 6.72. The van der Waals surface area contributed by atoms with Crippen LogP contribution in [0.25, 0.3) is 0 Å². The Morgan fingerprint density at radius 3 is 2.78 bits per heavy atom. The SMILES string of the molecule is CCn1cc(C(CCOCC(F)(F)F)NN)cn1. The zero-order valence-corrected chi connectivity index (χ0v) is 10.1. The third-order valence-corrected chi connectivity index (χ3v) is 2.40. The lowest BCUT2D eigenvalue weighted by Gasteiger charge is -2.14. The van der Waals surface area contributed by atoms with Gasteiger partial charge in [-0.25, -0.2) is 0 Å². The Morgan fingerprint density at radius 1 is 1.56 bits per heavy atom. The molecule has 1 aromatic rings. The van der Waals surface area contributed by atoms with Gasteiger partial charge in [-0.3, -0.25) is 16.0 Å². The number of nitrogens with two attached hydrogens (primary N) is 1. The minimum atomic E-state index is -4.29. The average molecular weight is 266 g/mol. The van der Waals surface area contributed by atoms with Crippen LogP contribution >= 0.6 is 0 Å². The maximum atomic E-state index is 11.9. The van der Waals surface area contributed by atoms with Crippen molar-refractivity contribution in [3.63, 3.8) is 0 Å². The average Bonchev–Trinajstić information content (AvgIpc) is 2.76. The predicted octanol–water partition coefficient (Wildman–Crippen LogP) is 1.38. The molecule has 0 spiro atoms. The molecular formula is C10H17F3N4O. The Kier molecular flexibility index (Phi) is 5.57. The Labute approximate surface area is 103 Å². The fourth-order valence-electron chi connectivity index (χ4n) is 1.47. The van der Waals surface area contributed by atoms with E-state index in [1.54, 1.807) is 17.1 Å². The van der Waals surface area contributed by atoms with Crippen molar-refractivity contribution in [3.05, 3.63) is 18.0 Å². The number of hydrazine groups is 1. The number of ether oxygens (including phenoxy) is 1. The van der Waals surface area contributed by atoms with E-state index in [9.17, 15) is 13.2 Å². The zero-order valence-electron chi connectivity index (χ0n) is 10.1. The summed E-state index contributed by atoms with van der Waals surface area (Å²) in [4.78, 5) is 0. The Balaban J connectivity index is 2.38. The van der Waals surface area contributed by atoms with Crippen molar-refractivity contribution in [2.45, 2.75) is 32.1 Å². The van der Waals surface area contributed by atoms with Gasteiger partial charge in [0.05, 0.1) is 12.2 Å². The summed E-state index contributed by atoms with van der Waals surface area (Å²) in [6.07, 6.45) is -0.507. The molecule has 0 amide bonds. The molecule has 0 aromatic carbocycles. The number of alkyl halides is 3. The lowest BCUT2D eigenvalue weighted by molar-refractivity contribution is -0.174. The van der Waals surface area contributed by atoms with Crippen molar-refractivity contribution in [2.75, 3.05) is 13.2 Å². The van der Waals surface area contributed by atoms with Crippen molar-refractivity contribution in [3.8, 4) is 0 Å². The van der Waals surface area contributed by atoms with Gasteiger partial charge in [0, 0.05) is 24.9 Å². The van der Waals surface area contributed by atoms with Crippen molar-refractivity contribution in [2.24, 2.45) is 5.84 Å². The van der Waals surface area contributed by atoms with E-state index in [-0.39, 0.29) is 12.6 Å². The molecule has 0 bridgehead atoms. The fraction of sp³-hybridized carbons (Fsp3) is 0.700. The van der Waals surface area contributed by atoms with Crippen LogP contribution in [0, 0.1) is 0 Å². The number of hydrogen-bond donors (Lipinski definition) is 2. The summed E-state index contributed by atoms with van der Waals surface area (Å²) >= 11 is 0. The molecule has 0 aliphatic heterocycles. The Hall–Kier alpha value is -1.12. The number of rotatable bonds is 7. The van der Waals surface area contributed by atoms with Crippen molar-refractivity contribution >= 4 is 0 Å². The molecule has 8 heteroatoms. The van der Waals surface area contributed by atoms with E-state index in [0.717, 1.165) is 12.1 Å². The maximum absolute atomic E-state index is 11.9. The van der Waals surface area contributed by atoms with Gasteiger partial charge in [0.25, 0.3) is 0 Å². The summed E-state index contributed by atoms with van der Waals surface area (Å²) in [5, 5.41) is 4.07. The van der Waals surface area contributed by atoms with Crippen molar-refractivity contribution < 1.29 is 17.9 Å². The highest BCUT2D eigenvalue weighted by Gasteiger charge is 2.27. The highest BCUT2D eigenvalue weighted by molar-refractivity contribution is 5.09. The third kappa shape index (κ3) is 5.03. The highest BCUT2D eigenvalue weighted by Crippen LogP contribution is 2.17. The lowest BCUT2D eigenvalue weighted by Crippen LogP contribution is -2.29.